The second kappa shape index (κ2) is 5.67. The van der Waals surface area contributed by atoms with E-state index < -0.39 is 0 Å². The normalized spacial score (nSPS) is 10.4. The Morgan fingerprint density at radius 2 is 1.75 bits per heavy atom. The summed E-state index contributed by atoms with van der Waals surface area (Å²) in [5.74, 6) is -0.143. The Bertz CT molecular complexity index is 680. The van der Waals surface area contributed by atoms with Crippen molar-refractivity contribution in [2.24, 2.45) is 0 Å². The molecular weight excluding hydrogens is 316 g/mol. The monoisotopic (exact) mass is 332 g/mol. The van der Waals surface area contributed by atoms with Crippen molar-refractivity contribution in [1.29, 1.82) is 0 Å². The smallest absolute Gasteiger partial charge is 0.256 e. The van der Waals surface area contributed by atoms with Crippen LogP contribution in [0.25, 0.3) is 0 Å². The molecule has 0 unspecified atom stereocenters. The number of benzene rings is 2. The van der Waals surface area contributed by atoms with Gasteiger partial charge in [0, 0.05) is 21.4 Å². The van der Waals surface area contributed by atoms with Crippen LogP contribution >= 0.6 is 15.9 Å². The molecule has 0 atom stereocenters. The number of aryl methyl sites for hydroxylation is 3. The number of nitrogens with two attached hydrogens (primary N) is 1. The SMILES string of the molecule is Cc1cc(C)c(C(=O)Nc2cc(Br)ccc2C)cc1N. The molecule has 0 aromatic heterocycles. The van der Waals surface area contributed by atoms with Crippen molar-refractivity contribution >= 4 is 33.2 Å². The fourth-order valence-corrected chi connectivity index (χ4v) is 2.39. The average Bonchev–Trinajstić information content (AvgIpc) is 2.38. The first-order valence-electron chi connectivity index (χ1n) is 6.32. The van der Waals surface area contributed by atoms with Crippen LogP contribution in [0.3, 0.4) is 0 Å². The van der Waals surface area contributed by atoms with Gasteiger partial charge in [0.15, 0.2) is 0 Å². The number of anilines is 2. The van der Waals surface area contributed by atoms with E-state index in [1.54, 1.807) is 6.07 Å². The largest absolute Gasteiger partial charge is 0.398 e. The molecule has 0 radical (unpaired) electrons. The molecule has 3 nitrogen and oxygen atoms in total. The fraction of sp³-hybridized carbons (Fsp3) is 0.188. The highest BCUT2D eigenvalue weighted by Gasteiger charge is 2.12. The quantitative estimate of drug-likeness (QED) is 0.809. The lowest BCUT2D eigenvalue weighted by Crippen LogP contribution is -2.15. The molecular formula is C16H17BrN2O. The lowest BCUT2D eigenvalue weighted by Gasteiger charge is -2.12. The summed E-state index contributed by atoms with van der Waals surface area (Å²) in [5, 5.41) is 2.93. The van der Waals surface area contributed by atoms with Gasteiger partial charge in [-0.25, -0.2) is 0 Å². The van der Waals surface area contributed by atoms with Gasteiger partial charge < -0.3 is 11.1 Å². The molecule has 0 aliphatic rings. The molecule has 3 N–H and O–H groups in total. The Morgan fingerprint density at radius 3 is 2.45 bits per heavy atom. The van der Waals surface area contributed by atoms with Gasteiger partial charge in [0.2, 0.25) is 0 Å². The van der Waals surface area contributed by atoms with Gasteiger partial charge in [0.1, 0.15) is 0 Å². The summed E-state index contributed by atoms with van der Waals surface area (Å²) in [7, 11) is 0. The number of hydrogen-bond acceptors (Lipinski definition) is 2. The number of carbonyl (C=O) groups is 1. The van der Waals surface area contributed by atoms with E-state index in [1.165, 1.54) is 0 Å². The topological polar surface area (TPSA) is 55.1 Å². The molecule has 20 heavy (non-hydrogen) atoms. The Labute approximate surface area is 127 Å². The molecule has 0 saturated carbocycles. The van der Waals surface area contributed by atoms with Gasteiger partial charge in [-0.1, -0.05) is 28.1 Å². The van der Waals surface area contributed by atoms with Crippen molar-refractivity contribution in [3.63, 3.8) is 0 Å². The third-order valence-electron chi connectivity index (χ3n) is 3.31. The molecule has 0 aliphatic heterocycles. The summed E-state index contributed by atoms with van der Waals surface area (Å²) < 4.78 is 0.929. The highest BCUT2D eigenvalue weighted by molar-refractivity contribution is 9.10. The number of rotatable bonds is 2. The second-order valence-corrected chi connectivity index (χ2v) is 5.85. The first-order chi connectivity index (χ1) is 9.38. The maximum absolute atomic E-state index is 12.4. The van der Waals surface area contributed by atoms with Crippen molar-refractivity contribution < 1.29 is 4.79 Å². The summed E-state index contributed by atoms with van der Waals surface area (Å²) in [6.45, 7) is 5.80. The summed E-state index contributed by atoms with van der Waals surface area (Å²) >= 11 is 3.41. The molecule has 0 bridgehead atoms. The maximum atomic E-state index is 12.4. The molecule has 2 rings (SSSR count). The van der Waals surface area contributed by atoms with Gasteiger partial charge in [-0.3, -0.25) is 4.79 Å². The number of halogens is 1. The lowest BCUT2D eigenvalue weighted by atomic mass is 10.0. The van der Waals surface area contributed by atoms with E-state index in [9.17, 15) is 4.79 Å². The second-order valence-electron chi connectivity index (χ2n) is 4.94. The van der Waals surface area contributed by atoms with Crippen LogP contribution in [-0.4, -0.2) is 5.91 Å². The number of carbonyl (C=O) groups excluding carboxylic acids is 1. The van der Waals surface area contributed by atoms with Crippen LogP contribution in [0.4, 0.5) is 11.4 Å². The van der Waals surface area contributed by atoms with Crippen molar-refractivity contribution in [2.75, 3.05) is 11.1 Å². The molecule has 0 saturated heterocycles. The molecule has 2 aromatic rings. The van der Waals surface area contributed by atoms with E-state index >= 15 is 0 Å². The number of nitrogens with one attached hydrogen (secondary N) is 1. The third kappa shape index (κ3) is 3.02. The Balaban J connectivity index is 2.33. The van der Waals surface area contributed by atoms with E-state index in [0.29, 0.717) is 11.3 Å². The number of nitrogen functional groups attached to an aromatic ring is 1. The average molecular weight is 333 g/mol. The predicted molar refractivity (Wildman–Crippen MR) is 87.2 cm³/mol. The molecule has 104 valence electrons. The molecule has 2 aromatic carbocycles. The summed E-state index contributed by atoms with van der Waals surface area (Å²) in [6, 6.07) is 9.45. The molecule has 0 heterocycles. The zero-order valence-corrected chi connectivity index (χ0v) is 13.3. The standard InChI is InChI=1S/C16H17BrN2O/c1-9-4-5-12(17)7-15(9)19-16(20)13-8-14(18)11(3)6-10(13)2/h4-8H,18H2,1-3H3,(H,19,20). The van der Waals surface area contributed by atoms with Gasteiger partial charge in [-0.05, 0) is 55.7 Å². The predicted octanol–water partition coefficient (Wildman–Crippen LogP) is 4.21. The van der Waals surface area contributed by atoms with Gasteiger partial charge in [-0.2, -0.15) is 0 Å². The van der Waals surface area contributed by atoms with E-state index in [2.05, 4.69) is 21.2 Å². The lowest BCUT2D eigenvalue weighted by molar-refractivity contribution is 0.102. The zero-order valence-electron chi connectivity index (χ0n) is 11.8. The zero-order chi connectivity index (χ0) is 14.9. The minimum Gasteiger partial charge on any atom is -0.398 e. The van der Waals surface area contributed by atoms with E-state index in [0.717, 1.165) is 26.9 Å². The Kier molecular flexibility index (Phi) is 4.14. The first kappa shape index (κ1) is 14.6. The minimum atomic E-state index is -0.143. The molecule has 0 fully saturated rings. The van der Waals surface area contributed by atoms with Crippen LogP contribution in [0.15, 0.2) is 34.8 Å². The molecule has 0 spiro atoms. The van der Waals surface area contributed by atoms with Crippen LogP contribution in [-0.2, 0) is 0 Å². The Morgan fingerprint density at radius 1 is 1.05 bits per heavy atom. The minimum absolute atomic E-state index is 0.143. The maximum Gasteiger partial charge on any atom is 0.256 e. The van der Waals surface area contributed by atoms with E-state index in [1.807, 2.05) is 45.0 Å². The van der Waals surface area contributed by atoms with Gasteiger partial charge in [-0.15, -0.1) is 0 Å². The van der Waals surface area contributed by atoms with Crippen LogP contribution in [0.5, 0.6) is 0 Å². The van der Waals surface area contributed by atoms with Crippen LogP contribution < -0.4 is 11.1 Å². The van der Waals surface area contributed by atoms with Crippen LogP contribution in [0, 0.1) is 20.8 Å². The van der Waals surface area contributed by atoms with Crippen LogP contribution in [0.2, 0.25) is 0 Å². The summed E-state index contributed by atoms with van der Waals surface area (Å²) in [5.41, 5.74) is 10.8. The van der Waals surface area contributed by atoms with Crippen molar-refractivity contribution in [2.45, 2.75) is 20.8 Å². The molecule has 4 heteroatoms. The highest BCUT2D eigenvalue weighted by Crippen LogP contribution is 2.23. The molecule has 1 amide bonds. The Hall–Kier alpha value is -1.81. The highest BCUT2D eigenvalue weighted by atomic mass is 79.9. The van der Waals surface area contributed by atoms with Crippen LogP contribution in [0.1, 0.15) is 27.0 Å². The van der Waals surface area contributed by atoms with Crippen molar-refractivity contribution in [3.8, 4) is 0 Å². The van der Waals surface area contributed by atoms with Crippen molar-refractivity contribution in [3.05, 3.63) is 57.1 Å². The van der Waals surface area contributed by atoms with Gasteiger partial charge in [0.25, 0.3) is 5.91 Å². The third-order valence-corrected chi connectivity index (χ3v) is 3.80. The summed E-state index contributed by atoms with van der Waals surface area (Å²) in [6.07, 6.45) is 0. The number of hydrogen-bond donors (Lipinski definition) is 2. The first-order valence-corrected chi connectivity index (χ1v) is 7.12. The van der Waals surface area contributed by atoms with E-state index in [4.69, 9.17) is 5.73 Å². The van der Waals surface area contributed by atoms with Gasteiger partial charge in [0.05, 0.1) is 0 Å². The van der Waals surface area contributed by atoms with E-state index in [-0.39, 0.29) is 5.91 Å². The van der Waals surface area contributed by atoms with Crippen molar-refractivity contribution in [1.82, 2.24) is 0 Å². The summed E-state index contributed by atoms with van der Waals surface area (Å²) in [4.78, 5) is 12.4. The number of amides is 1. The molecule has 0 aliphatic carbocycles. The fourth-order valence-electron chi connectivity index (χ4n) is 2.03. The van der Waals surface area contributed by atoms with Gasteiger partial charge >= 0.3 is 0 Å².